The van der Waals surface area contributed by atoms with E-state index in [2.05, 4.69) is 17.0 Å². The van der Waals surface area contributed by atoms with E-state index in [0.29, 0.717) is 0 Å². The third kappa shape index (κ3) is 3.50. The van der Waals surface area contributed by atoms with Crippen molar-refractivity contribution >= 4 is 5.91 Å². The van der Waals surface area contributed by atoms with Gasteiger partial charge in [0.2, 0.25) is 0 Å². The fraction of sp³-hybridized carbons (Fsp3) is 0.278. The molecule has 110 valence electrons. The van der Waals surface area contributed by atoms with Gasteiger partial charge < -0.3 is 9.80 Å². The predicted octanol–water partition coefficient (Wildman–Crippen LogP) is 3.12. The molecule has 2 aromatic carbocycles. The summed E-state index contributed by atoms with van der Waals surface area (Å²) in [5, 5.41) is 0. The number of nitrogens with zero attached hydrogens (tertiary/aromatic N) is 2. The minimum Gasteiger partial charge on any atom is -0.345 e. The molecule has 0 N–H and O–H groups in total. The highest BCUT2D eigenvalue weighted by Gasteiger charge is 2.15. The van der Waals surface area contributed by atoms with E-state index in [-0.39, 0.29) is 5.91 Å². The molecule has 0 aliphatic carbocycles. The fourth-order valence-electron chi connectivity index (χ4n) is 2.41. The van der Waals surface area contributed by atoms with Gasteiger partial charge in [-0.2, -0.15) is 0 Å². The third-order valence-electron chi connectivity index (χ3n) is 3.36. The van der Waals surface area contributed by atoms with Crippen molar-refractivity contribution in [2.75, 3.05) is 28.2 Å². The van der Waals surface area contributed by atoms with Gasteiger partial charge in [-0.15, -0.1) is 0 Å². The van der Waals surface area contributed by atoms with Crippen molar-refractivity contribution in [2.45, 2.75) is 6.54 Å². The van der Waals surface area contributed by atoms with Crippen LogP contribution < -0.4 is 0 Å². The lowest BCUT2D eigenvalue weighted by Gasteiger charge is -2.18. The molecule has 3 nitrogen and oxygen atoms in total. The van der Waals surface area contributed by atoms with Crippen molar-refractivity contribution in [2.24, 2.45) is 0 Å². The van der Waals surface area contributed by atoms with Crippen molar-refractivity contribution in [3.63, 3.8) is 0 Å². The maximum atomic E-state index is 12.4. The zero-order valence-electron chi connectivity index (χ0n) is 13.1. The van der Waals surface area contributed by atoms with Gasteiger partial charge in [-0.25, -0.2) is 0 Å². The van der Waals surface area contributed by atoms with Crippen molar-refractivity contribution in [3.8, 4) is 11.1 Å². The Morgan fingerprint density at radius 3 is 2.05 bits per heavy atom. The lowest BCUT2D eigenvalue weighted by Crippen LogP contribution is -2.22. The summed E-state index contributed by atoms with van der Waals surface area (Å²) >= 11 is 0. The van der Waals surface area contributed by atoms with Crippen LogP contribution in [0, 0.1) is 0 Å². The molecule has 1 amide bonds. The lowest BCUT2D eigenvalue weighted by atomic mass is 9.94. The van der Waals surface area contributed by atoms with E-state index < -0.39 is 0 Å². The molecule has 0 radical (unpaired) electrons. The topological polar surface area (TPSA) is 23.6 Å². The van der Waals surface area contributed by atoms with Crippen LogP contribution in [0.15, 0.2) is 48.5 Å². The second kappa shape index (κ2) is 6.55. The fourth-order valence-corrected chi connectivity index (χ4v) is 2.41. The summed E-state index contributed by atoms with van der Waals surface area (Å²) in [4.78, 5) is 16.1. The summed E-state index contributed by atoms with van der Waals surface area (Å²) in [7, 11) is 7.66. The van der Waals surface area contributed by atoms with E-state index in [1.807, 2.05) is 50.5 Å². The van der Waals surface area contributed by atoms with E-state index in [0.717, 1.165) is 23.2 Å². The molecule has 2 rings (SSSR count). The zero-order chi connectivity index (χ0) is 15.4. The molecular formula is C18H22N2O. The van der Waals surface area contributed by atoms with Gasteiger partial charge >= 0.3 is 0 Å². The van der Waals surface area contributed by atoms with Crippen molar-refractivity contribution in [1.82, 2.24) is 9.80 Å². The summed E-state index contributed by atoms with van der Waals surface area (Å²) in [6, 6.07) is 16.1. The average molecular weight is 282 g/mol. The molecule has 21 heavy (non-hydrogen) atoms. The van der Waals surface area contributed by atoms with Crippen LogP contribution in [0.1, 0.15) is 15.9 Å². The molecule has 0 atom stereocenters. The Hall–Kier alpha value is -2.13. The molecule has 0 aliphatic rings. The first kappa shape index (κ1) is 15.3. The molecule has 0 fully saturated rings. The molecule has 0 spiro atoms. The molecule has 0 aliphatic heterocycles. The Bertz CT molecular complexity index is 633. The summed E-state index contributed by atoms with van der Waals surface area (Å²) in [5.41, 5.74) is 4.08. The molecule has 0 saturated heterocycles. The number of amides is 1. The summed E-state index contributed by atoms with van der Waals surface area (Å²) in [5.74, 6) is 0.0326. The van der Waals surface area contributed by atoms with Crippen LogP contribution in [0.25, 0.3) is 11.1 Å². The summed E-state index contributed by atoms with van der Waals surface area (Å²) in [6.45, 7) is 0.848. The Morgan fingerprint density at radius 2 is 1.43 bits per heavy atom. The van der Waals surface area contributed by atoms with Gasteiger partial charge in [0.25, 0.3) is 5.91 Å². The van der Waals surface area contributed by atoms with Gasteiger partial charge in [-0.05, 0) is 36.9 Å². The minimum absolute atomic E-state index is 0.0326. The third-order valence-corrected chi connectivity index (χ3v) is 3.36. The van der Waals surface area contributed by atoms with Gasteiger partial charge in [0.1, 0.15) is 0 Å². The molecular weight excluding hydrogens is 260 g/mol. The van der Waals surface area contributed by atoms with Gasteiger partial charge in [-0.3, -0.25) is 4.79 Å². The van der Waals surface area contributed by atoms with E-state index in [1.54, 1.807) is 19.0 Å². The van der Waals surface area contributed by atoms with E-state index in [9.17, 15) is 4.79 Å². The minimum atomic E-state index is 0.0326. The molecule has 0 heterocycles. The lowest BCUT2D eigenvalue weighted by molar-refractivity contribution is 0.0828. The predicted molar refractivity (Wildman–Crippen MR) is 87.3 cm³/mol. The smallest absolute Gasteiger partial charge is 0.253 e. The van der Waals surface area contributed by atoms with Crippen LogP contribution >= 0.6 is 0 Å². The number of hydrogen-bond acceptors (Lipinski definition) is 2. The SMILES string of the molecule is CN(C)Cc1ccccc1-c1ccccc1C(=O)N(C)C. The standard InChI is InChI=1S/C18H22N2O/c1-19(2)13-14-9-5-6-10-15(14)16-11-7-8-12-17(16)18(21)20(3)4/h5-12H,13H2,1-4H3. The van der Waals surface area contributed by atoms with Crippen LogP contribution in [0.5, 0.6) is 0 Å². The highest BCUT2D eigenvalue weighted by atomic mass is 16.2. The number of carbonyl (C=O) groups excluding carboxylic acids is 1. The first-order valence-corrected chi connectivity index (χ1v) is 7.04. The molecule has 3 heteroatoms. The normalized spacial score (nSPS) is 10.7. The van der Waals surface area contributed by atoms with Gasteiger partial charge in [-0.1, -0.05) is 42.5 Å². The molecule has 2 aromatic rings. The van der Waals surface area contributed by atoms with Crippen molar-refractivity contribution < 1.29 is 4.79 Å². The Morgan fingerprint density at radius 1 is 0.857 bits per heavy atom. The van der Waals surface area contributed by atoms with Gasteiger partial charge in [0, 0.05) is 26.2 Å². The summed E-state index contributed by atoms with van der Waals surface area (Å²) in [6.07, 6.45) is 0. The van der Waals surface area contributed by atoms with Crippen LogP contribution in [0.2, 0.25) is 0 Å². The van der Waals surface area contributed by atoms with Crippen LogP contribution in [-0.4, -0.2) is 43.9 Å². The van der Waals surface area contributed by atoms with E-state index in [1.165, 1.54) is 5.56 Å². The maximum absolute atomic E-state index is 12.4. The monoisotopic (exact) mass is 282 g/mol. The van der Waals surface area contributed by atoms with Crippen LogP contribution in [0.4, 0.5) is 0 Å². The first-order valence-electron chi connectivity index (χ1n) is 7.04. The first-order chi connectivity index (χ1) is 10.0. The average Bonchev–Trinajstić information content (AvgIpc) is 2.46. The van der Waals surface area contributed by atoms with Crippen molar-refractivity contribution in [1.29, 1.82) is 0 Å². The van der Waals surface area contributed by atoms with E-state index in [4.69, 9.17) is 0 Å². The highest BCUT2D eigenvalue weighted by molar-refractivity contribution is 6.00. The van der Waals surface area contributed by atoms with Crippen LogP contribution in [-0.2, 0) is 6.54 Å². The Balaban J connectivity index is 2.55. The Labute approximate surface area is 126 Å². The summed E-state index contributed by atoms with van der Waals surface area (Å²) < 4.78 is 0. The highest BCUT2D eigenvalue weighted by Crippen LogP contribution is 2.28. The molecule has 0 saturated carbocycles. The number of benzene rings is 2. The second-order valence-corrected chi connectivity index (χ2v) is 5.64. The van der Waals surface area contributed by atoms with Crippen LogP contribution in [0.3, 0.4) is 0 Å². The Kier molecular flexibility index (Phi) is 4.76. The van der Waals surface area contributed by atoms with E-state index >= 15 is 0 Å². The molecule has 0 bridgehead atoms. The molecule has 0 aromatic heterocycles. The zero-order valence-corrected chi connectivity index (χ0v) is 13.1. The number of rotatable bonds is 4. The number of carbonyl (C=O) groups is 1. The quantitative estimate of drug-likeness (QED) is 0.860. The largest absolute Gasteiger partial charge is 0.345 e. The molecule has 0 unspecified atom stereocenters. The van der Waals surface area contributed by atoms with Gasteiger partial charge in [0.05, 0.1) is 0 Å². The van der Waals surface area contributed by atoms with Gasteiger partial charge in [0.15, 0.2) is 0 Å². The van der Waals surface area contributed by atoms with Crippen molar-refractivity contribution in [3.05, 3.63) is 59.7 Å². The maximum Gasteiger partial charge on any atom is 0.253 e. The second-order valence-electron chi connectivity index (χ2n) is 5.64. The number of hydrogen-bond donors (Lipinski definition) is 0.